The van der Waals surface area contributed by atoms with Crippen LogP contribution in [0.5, 0.6) is 0 Å². The van der Waals surface area contributed by atoms with Crippen LogP contribution in [0.4, 0.5) is 0 Å². The number of hydrogen-bond acceptors (Lipinski definition) is 4. The fourth-order valence-electron chi connectivity index (χ4n) is 2.68. The predicted molar refractivity (Wildman–Crippen MR) is 87.8 cm³/mol. The van der Waals surface area contributed by atoms with Gasteiger partial charge < -0.3 is 4.57 Å². The van der Waals surface area contributed by atoms with Crippen LogP contribution in [0, 0.1) is 0 Å². The molecule has 4 aromatic rings. The highest BCUT2D eigenvalue weighted by Gasteiger charge is 2.19. The molecule has 120 valence electrons. The van der Waals surface area contributed by atoms with E-state index >= 15 is 0 Å². The van der Waals surface area contributed by atoms with Gasteiger partial charge in [0.15, 0.2) is 11.6 Å². The summed E-state index contributed by atoms with van der Waals surface area (Å²) < 4.78 is 3.78. The highest BCUT2D eigenvalue weighted by Crippen LogP contribution is 2.25. The molecule has 0 aliphatic carbocycles. The average molecular weight is 321 g/mol. The van der Waals surface area contributed by atoms with Crippen molar-refractivity contribution >= 4 is 0 Å². The number of hydrogen-bond donors (Lipinski definition) is 2. The molecule has 8 nitrogen and oxygen atoms in total. The zero-order valence-corrected chi connectivity index (χ0v) is 12.9. The Morgan fingerprint density at radius 1 is 1.12 bits per heavy atom. The van der Waals surface area contributed by atoms with E-state index in [0.29, 0.717) is 5.82 Å². The summed E-state index contributed by atoms with van der Waals surface area (Å²) in [7, 11) is 0. The van der Waals surface area contributed by atoms with Crippen molar-refractivity contribution in [1.29, 1.82) is 0 Å². The molecule has 0 saturated heterocycles. The summed E-state index contributed by atoms with van der Waals surface area (Å²) in [5.41, 5.74) is 1.48. The third-order valence-electron chi connectivity index (χ3n) is 3.87. The number of rotatable bonds is 4. The van der Waals surface area contributed by atoms with Crippen LogP contribution >= 0.6 is 0 Å². The van der Waals surface area contributed by atoms with Crippen LogP contribution in [0.2, 0.25) is 0 Å². The lowest BCUT2D eigenvalue weighted by Crippen LogP contribution is -2.12. The molecule has 0 saturated carbocycles. The SMILES string of the molecule is CC(c1n[nH]c(=O)[nH]1)n1ccnc1-c1ccnn1-c1ccccc1. The molecule has 0 radical (unpaired) electrons. The van der Waals surface area contributed by atoms with Crippen molar-refractivity contribution in [3.63, 3.8) is 0 Å². The van der Waals surface area contributed by atoms with Gasteiger partial charge in [-0.2, -0.15) is 10.2 Å². The van der Waals surface area contributed by atoms with Crippen LogP contribution in [-0.2, 0) is 0 Å². The van der Waals surface area contributed by atoms with Crippen LogP contribution in [-0.4, -0.2) is 34.5 Å². The predicted octanol–water partition coefficient (Wildman–Crippen LogP) is 1.76. The molecule has 0 aliphatic rings. The van der Waals surface area contributed by atoms with E-state index in [1.807, 2.05) is 58.8 Å². The quantitative estimate of drug-likeness (QED) is 0.598. The second kappa shape index (κ2) is 5.65. The van der Waals surface area contributed by atoms with E-state index < -0.39 is 0 Å². The summed E-state index contributed by atoms with van der Waals surface area (Å²) >= 11 is 0. The van der Waals surface area contributed by atoms with Gasteiger partial charge >= 0.3 is 5.69 Å². The van der Waals surface area contributed by atoms with Crippen molar-refractivity contribution in [2.24, 2.45) is 0 Å². The van der Waals surface area contributed by atoms with Gasteiger partial charge in [0.05, 0.1) is 17.9 Å². The Hall–Kier alpha value is -3.42. The lowest BCUT2D eigenvalue weighted by atomic mass is 10.2. The summed E-state index contributed by atoms with van der Waals surface area (Å²) in [6, 6.07) is 11.6. The molecular formula is C16H15N7O. The van der Waals surface area contributed by atoms with Crippen LogP contribution in [0.15, 0.2) is 59.8 Å². The minimum Gasteiger partial charge on any atom is -0.319 e. The summed E-state index contributed by atoms with van der Waals surface area (Å²) in [6.07, 6.45) is 5.32. The molecule has 1 unspecified atom stereocenters. The highest BCUT2D eigenvalue weighted by molar-refractivity contribution is 5.54. The third kappa shape index (κ3) is 2.34. The molecule has 1 aromatic carbocycles. The second-order valence-corrected chi connectivity index (χ2v) is 5.36. The van der Waals surface area contributed by atoms with Crippen molar-refractivity contribution in [3.8, 4) is 17.2 Å². The topological polar surface area (TPSA) is 97.2 Å². The van der Waals surface area contributed by atoms with E-state index in [9.17, 15) is 4.79 Å². The number of para-hydroxylation sites is 1. The van der Waals surface area contributed by atoms with E-state index in [0.717, 1.165) is 17.2 Å². The molecule has 0 bridgehead atoms. The minimum absolute atomic E-state index is 0.180. The zero-order chi connectivity index (χ0) is 16.5. The summed E-state index contributed by atoms with van der Waals surface area (Å²) in [5.74, 6) is 1.29. The maximum absolute atomic E-state index is 11.3. The number of H-pyrrole nitrogens is 2. The molecule has 0 fully saturated rings. The van der Waals surface area contributed by atoms with Crippen molar-refractivity contribution in [2.45, 2.75) is 13.0 Å². The molecule has 8 heteroatoms. The standard InChI is InChI=1S/C16H15N7O/c1-11(14-19-16(24)21-20-14)22-10-9-17-15(22)13-7-8-18-23(13)12-5-3-2-4-6-12/h2-11H,1H3,(H2,19,20,21,24). The summed E-state index contributed by atoms with van der Waals surface area (Å²) in [6.45, 7) is 1.94. The van der Waals surface area contributed by atoms with E-state index in [2.05, 4.69) is 25.3 Å². The molecule has 24 heavy (non-hydrogen) atoms. The number of nitrogens with zero attached hydrogens (tertiary/aromatic N) is 5. The van der Waals surface area contributed by atoms with Crippen molar-refractivity contribution < 1.29 is 0 Å². The molecule has 3 aromatic heterocycles. The van der Waals surface area contributed by atoms with Gasteiger partial charge in [0, 0.05) is 12.4 Å². The van der Waals surface area contributed by atoms with Crippen LogP contribution < -0.4 is 5.69 Å². The molecule has 0 spiro atoms. The largest absolute Gasteiger partial charge is 0.340 e. The molecular weight excluding hydrogens is 306 g/mol. The monoisotopic (exact) mass is 321 g/mol. The lowest BCUT2D eigenvalue weighted by Gasteiger charge is -2.14. The molecule has 4 rings (SSSR count). The highest BCUT2D eigenvalue weighted by atomic mass is 16.1. The molecule has 0 amide bonds. The number of benzene rings is 1. The fourth-order valence-corrected chi connectivity index (χ4v) is 2.68. The Morgan fingerprint density at radius 3 is 2.71 bits per heavy atom. The molecule has 1 atom stereocenters. The van der Waals surface area contributed by atoms with E-state index in [1.54, 1.807) is 12.4 Å². The van der Waals surface area contributed by atoms with Gasteiger partial charge in [0.2, 0.25) is 0 Å². The van der Waals surface area contributed by atoms with Crippen LogP contribution in [0.1, 0.15) is 18.8 Å². The van der Waals surface area contributed by atoms with Crippen LogP contribution in [0.3, 0.4) is 0 Å². The average Bonchev–Trinajstić information content (AvgIpc) is 3.34. The van der Waals surface area contributed by atoms with Gasteiger partial charge in [-0.3, -0.25) is 4.98 Å². The number of aromatic nitrogens is 7. The maximum atomic E-state index is 11.3. The number of nitrogens with one attached hydrogen (secondary N) is 2. The van der Waals surface area contributed by atoms with E-state index in [1.165, 1.54) is 0 Å². The Morgan fingerprint density at radius 2 is 1.96 bits per heavy atom. The first kappa shape index (κ1) is 14.2. The minimum atomic E-state index is -0.326. The smallest absolute Gasteiger partial charge is 0.319 e. The zero-order valence-electron chi connectivity index (χ0n) is 12.9. The third-order valence-corrected chi connectivity index (χ3v) is 3.87. The van der Waals surface area contributed by atoms with Gasteiger partial charge in [-0.1, -0.05) is 18.2 Å². The Bertz CT molecular complexity index is 1010. The van der Waals surface area contributed by atoms with Crippen molar-refractivity contribution in [1.82, 2.24) is 34.5 Å². The van der Waals surface area contributed by atoms with Crippen molar-refractivity contribution in [2.75, 3.05) is 0 Å². The summed E-state index contributed by atoms with van der Waals surface area (Å²) in [5, 5.41) is 10.8. The maximum Gasteiger partial charge on any atom is 0.340 e. The molecule has 0 aliphatic heterocycles. The number of imidazole rings is 1. The first-order chi connectivity index (χ1) is 11.7. The van der Waals surface area contributed by atoms with Crippen LogP contribution in [0.25, 0.3) is 17.2 Å². The van der Waals surface area contributed by atoms with Gasteiger partial charge in [-0.25, -0.2) is 19.6 Å². The first-order valence-electron chi connectivity index (χ1n) is 7.51. The van der Waals surface area contributed by atoms with Crippen molar-refractivity contribution in [3.05, 3.63) is 71.3 Å². The van der Waals surface area contributed by atoms with Gasteiger partial charge in [0.25, 0.3) is 0 Å². The fraction of sp³-hybridized carbons (Fsp3) is 0.125. The van der Waals surface area contributed by atoms with Gasteiger partial charge in [0.1, 0.15) is 5.69 Å². The number of aromatic amines is 2. The Kier molecular flexibility index (Phi) is 3.34. The first-order valence-corrected chi connectivity index (χ1v) is 7.51. The van der Waals surface area contributed by atoms with E-state index in [-0.39, 0.29) is 11.7 Å². The van der Waals surface area contributed by atoms with E-state index in [4.69, 9.17) is 0 Å². The normalized spacial score (nSPS) is 12.4. The lowest BCUT2D eigenvalue weighted by molar-refractivity contribution is 0.605. The van der Waals surface area contributed by atoms with Gasteiger partial charge in [-0.05, 0) is 25.1 Å². The Labute approximate surface area is 136 Å². The Balaban J connectivity index is 1.79. The second-order valence-electron chi connectivity index (χ2n) is 5.36. The van der Waals surface area contributed by atoms with Gasteiger partial charge in [-0.15, -0.1) is 0 Å². The molecule has 2 N–H and O–H groups in total. The molecule has 3 heterocycles. The summed E-state index contributed by atoms with van der Waals surface area (Å²) in [4.78, 5) is 18.5.